The number of esters is 2. The van der Waals surface area contributed by atoms with E-state index in [1.807, 2.05) is 13.8 Å². The normalized spacial score (nSPS) is 32.3. The molecule has 4 nitrogen and oxygen atoms in total. The summed E-state index contributed by atoms with van der Waals surface area (Å²) in [5.74, 6) is 4.76. The number of carbonyl (C=O) groups excluding carboxylic acids is 2. The minimum atomic E-state index is -0.480. The zero-order valence-electron chi connectivity index (χ0n) is 31.1. The van der Waals surface area contributed by atoms with E-state index in [0.29, 0.717) is 47.3 Å². The van der Waals surface area contributed by atoms with Crippen molar-refractivity contribution < 1.29 is 19.1 Å². The molecular weight excluding hydrogens is 520 g/mol. The van der Waals surface area contributed by atoms with E-state index in [1.165, 1.54) is 20.6 Å². The van der Waals surface area contributed by atoms with Crippen LogP contribution in [0, 0.1) is 79.8 Å². The van der Waals surface area contributed by atoms with Crippen molar-refractivity contribution in [2.24, 2.45) is 79.8 Å². The van der Waals surface area contributed by atoms with Gasteiger partial charge in [-0.05, 0) is 116 Å². The molecule has 0 spiro atoms. The van der Waals surface area contributed by atoms with Crippen LogP contribution in [0.2, 0.25) is 0 Å². The average Bonchev–Trinajstić information content (AvgIpc) is 2.79. The van der Waals surface area contributed by atoms with Crippen LogP contribution >= 0.6 is 0 Å². The number of methoxy groups -OCH3 is 2. The number of carbonyl (C=O) groups is 2. The van der Waals surface area contributed by atoms with Gasteiger partial charge in [0.2, 0.25) is 0 Å². The molecule has 246 valence electrons. The lowest BCUT2D eigenvalue weighted by atomic mass is 9.39. The van der Waals surface area contributed by atoms with Gasteiger partial charge in [-0.1, -0.05) is 89.5 Å². The number of hydrogen-bond donors (Lipinski definition) is 0. The van der Waals surface area contributed by atoms with Crippen LogP contribution < -0.4 is 0 Å². The van der Waals surface area contributed by atoms with Gasteiger partial charge < -0.3 is 9.47 Å². The van der Waals surface area contributed by atoms with Crippen molar-refractivity contribution in [3.8, 4) is 0 Å². The largest absolute Gasteiger partial charge is 0.469 e. The van der Waals surface area contributed by atoms with Crippen LogP contribution in [0.1, 0.15) is 136 Å². The molecule has 0 aromatic rings. The van der Waals surface area contributed by atoms with Gasteiger partial charge in [-0.25, -0.2) is 0 Å². The van der Waals surface area contributed by atoms with Crippen LogP contribution in [0.25, 0.3) is 0 Å². The molecule has 2 aliphatic carbocycles. The third kappa shape index (κ3) is 6.63. The molecule has 0 bridgehead atoms. The SMILES string of the molecule is CCC(C)(CC(C)(C)C(=O)OC)C1C(C)C(C(C)(C)CC(C)(C)C2C(C)C(C(C)(C)CC(C)(C)C(=O)OC)C2C)C1C. The highest BCUT2D eigenvalue weighted by Gasteiger charge is 2.62. The highest BCUT2D eigenvalue weighted by molar-refractivity contribution is 5.76. The van der Waals surface area contributed by atoms with E-state index >= 15 is 0 Å². The zero-order chi connectivity index (χ0) is 33.0. The van der Waals surface area contributed by atoms with Crippen LogP contribution in [0.4, 0.5) is 0 Å². The smallest absolute Gasteiger partial charge is 0.311 e. The molecule has 2 aliphatic rings. The second kappa shape index (κ2) is 12.0. The van der Waals surface area contributed by atoms with E-state index in [0.717, 1.165) is 19.3 Å². The second-order valence-electron chi connectivity index (χ2n) is 18.8. The zero-order valence-corrected chi connectivity index (χ0v) is 31.1. The van der Waals surface area contributed by atoms with Gasteiger partial charge in [-0.2, -0.15) is 0 Å². The summed E-state index contributed by atoms with van der Waals surface area (Å²) >= 11 is 0. The van der Waals surface area contributed by atoms with E-state index in [1.54, 1.807) is 0 Å². The minimum absolute atomic E-state index is 0.0609. The topological polar surface area (TPSA) is 52.6 Å². The van der Waals surface area contributed by atoms with E-state index in [-0.39, 0.29) is 33.6 Å². The first-order valence-electron chi connectivity index (χ1n) is 16.9. The van der Waals surface area contributed by atoms with Crippen LogP contribution in [0.3, 0.4) is 0 Å². The van der Waals surface area contributed by atoms with Gasteiger partial charge in [0.05, 0.1) is 25.0 Å². The molecule has 0 amide bonds. The molecule has 0 saturated heterocycles. The van der Waals surface area contributed by atoms with E-state index in [2.05, 4.69) is 96.9 Å². The average molecular weight is 591 g/mol. The predicted octanol–water partition coefficient (Wildman–Crippen LogP) is 10.1. The molecule has 0 aliphatic heterocycles. The molecule has 4 heteroatoms. The number of rotatable bonds is 13. The lowest BCUT2D eigenvalue weighted by Gasteiger charge is -2.66. The Morgan fingerprint density at radius 3 is 1.10 bits per heavy atom. The molecule has 42 heavy (non-hydrogen) atoms. The van der Waals surface area contributed by atoms with Crippen molar-refractivity contribution in [1.82, 2.24) is 0 Å². The Labute approximate surface area is 261 Å². The monoisotopic (exact) mass is 591 g/mol. The van der Waals surface area contributed by atoms with Crippen molar-refractivity contribution in [1.29, 1.82) is 0 Å². The maximum atomic E-state index is 12.6. The summed E-state index contributed by atoms with van der Waals surface area (Å²) in [4.78, 5) is 25.1. The number of ether oxygens (including phenoxy) is 2. The standard InChI is InChI=1S/C38H70O4/c1-19-38(16,22-37(14,15)32(40)42-18)30-25(4)29(26(30)5)34(8,9)20-33(6,7)27-23(2)28(24(27)3)35(10,11)21-36(12,13)31(39)41-17/h23-30H,19-22H2,1-18H3. The summed E-state index contributed by atoms with van der Waals surface area (Å²) < 4.78 is 10.3. The fraction of sp³-hybridized carbons (Fsp3) is 0.947. The third-order valence-electron chi connectivity index (χ3n) is 13.0. The Balaban J connectivity index is 2.20. The van der Waals surface area contributed by atoms with Gasteiger partial charge in [0.15, 0.2) is 0 Å². The van der Waals surface area contributed by atoms with Crippen LogP contribution in [0.5, 0.6) is 0 Å². The first-order chi connectivity index (χ1) is 18.8. The maximum Gasteiger partial charge on any atom is 0.311 e. The highest BCUT2D eigenvalue weighted by atomic mass is 16.5. The lowest BCUT2D eigenvalue weighted by Crippen LogP contribution is -2.60. The lowest BCUT2D eigenvalue weighted by molar-refractivity contribution is -0.182. The molecule has 0 aromatic carbocycles. The molecular formula is C38H70O4. The van der Waals surface area contributed by atoms with E-state index in [9.17, 15) is 9.59 Å². The van der Waals surface area contributed by atoms with Crippen LogP contribution in [-0.2, 0) is 19.1 Å². The Bertz CT molecular complexity index is 952. The molecule has 5 atom stereocenters. The van der Waals surface area contributed by atoms with Crippen molar-refractivity contribution >= 4 is 11.9 Å². The van der Waals surface area contributed by atoms with Crippen LogP contribution in [-0.4, -0.2) is 26.2 Å². The van der Waals surface area contributed by atoms with Gasteiger partial charge in [-0.15, -0.1) is 0 Å². The van der Waals surface area contributed by atoms with Gasteiger partial charge in [0, 0.05) is 0 Å². The van der Waals surface area contributed by atoms with Crippen molar-refractivity contribution in [3.05, 3.63) is 0 Å². The Morgan fingerprint density at radius 2 is 0.786 bits per heavy atom. The predicted molar refractivity (Wildman–Crippen MR) is 176 cm³/mol. The highest BCUT2D eigenvalue weighted by Crippen LogP contribution is 2.67. The minimum Gasteiger partial charge on any atom is -0.469 e. The Morgan fingerprint density at radius 1 is 0.500 bits per heavy atom. The summed E-state index contributed by atoms with van der Waals surface area (Å²) in [5, 5.41) is 0. The maximum absolute atomic E-state index is 12.6. The van der Waals surface area contributed by atoms with Gasteiger partial charge >= 0.3 is 11.9 Å². The molecule has 0 heterocycles. The van der Waals surface area contributed by atoms with Crippen LogP contribution in [0.15, 0.2) is 0 Å². The molecule has 0 radical (unpaired) electrons. The first-order valence-corrected chi connectivity index (χ1v) is 16.9. The molecule has 2 fully saturated rings. The molecule has 5 unspecified atom stereocenters. The molecule has 2 saturated carbocycles. The molecule has 2 rings (SSSR count). The fourth-order valence-corrected chi connectivity index (χ4v) is 12.9. The summed E-state index contributed by atoms with van der Waals surface area (Å²) in [6, 6.07) is 0. The molecule has 0 aromatic heterocycles. The van der Waals surface area contributed by atoms with Gasteiger partial charge in [-0.3, -0.25) is 9.59 Å². The summed E-state index contributed by atoms with van der Waals surface area (Å²) in [6.45, 7) is 37.6. The quantitative estimate of drug-likeness (QED) is 0.200. The second-order valence-corrected chi connectivity index (χ2v) is 18.8. The van der Waals surface area contributed by atoms with Gasteiger partial charge in [0.1, 0.15) is 0 Å². The van der Waals surface area contributed by atoms with Crippen molar-refractivity contribution in [3.63, 3.8) is 0 Å². The van der Waals surface area contributed by atoms with Crippen molar-refractivity contribution in [2.45, 2.75) is 136 Å². The summed E-state index contributed by atoms with van der Waals surface area (Å²) in [5.41, 5.74) is -0.352. The van der Waals surface area contributed by atoms with E-state index in [4.69, 9.17) is 9.47 Å². The first kappa shape index (κ1) is 37.1. The van der Waals surface area contributed by atoms with Gasteiger partial charge in [0.25, 0.3) is 0 Å². The van der Waals surface area contributed by atoms with Crippen molar-refractivity contribution in [2.75, 3.05) is 14.2 Å². The summed E-state index contributed by atoms with van der Waals surface area (Å²) in [7, 11) is 3.02. The number of hydrogen-bond acceptors (Lipinski definition) is 4. The Hall–Kier alpha value is -1.06. The Kier molecular flexibility index (Phi) is 10.6. The summed E-state index contributed by atoms with van der Waals surface area (Å²) in [6.07, 6.45) is 3.99. The fourth-order valence-electron chi connectivity index (χ4n) is 12.9. The molecule has 0 N–H and O–H groups in total. The third-order valence-corrected chi connectivity index (χ3v) is 13.0. The van der Waals surface area contributed by atoms with E-state index < -0.39 is 10.8 Å².